The van der Waals surface area contributed by atoms with E-state index in [4.69, 9.17) is 9.57 Å². The lowest BCUT2D eigenvalue weighted by atomic mass is 9.45. The van der Waals surface area contributed by atoms with E-state index in [-0.39, 0.29) is 43.8 Å². The number of anilines is 1. The van der Waals surface area contributed by atoms with Gasteiger partial charge < -0.3 is 25.2 Å². The first kappa shape index (κ1) is 42.3. The zero-order valence-corrected chi connectivity index (χ0v) is 34.9. The highest BCUT2D eigenvalue weighted by Gasteiger charge is 2.56. The molecule has 3 saturated carbocycles. The van der Waals surface area contributed by atoms with Crippen molar-refractivity contribution >= 4 is 23.4 Å². The minimum absolute atomic E-state index is 0.0909. The summed E-state index contributed by atoms with van der Waals surface area (Å²) in [6.07, 6.45) is 2.40. The highest BCUT2D eigenvalue weighted by molar-refractivity contribution is 6.05. The van der Waals surface area contributed by atoms with Crippen LogP contribution >= 0.6 is 0 Å². The van der Waals surface area contributed by atoms with Crippen LogP contribution in [0.3, 0.4) is 0 Å². The quantitative estimate of drug-likeness (QED) is 0.167. The van der Waals surface area contributed by atoms with E-state index in [1.54, 1.807) is 31.2 Å². The largest absolute Gasteiger partial charge is 0.496 e. The lowest BCUT2D eigenvalue weighted by Gasteiger charge is -2.62. The third kappa shape index (κ3) is 8.92. The van der Waals surface area contributed by atoms with Crippen molar-refractivity contribution in [3.8, 4) is 16.9 Å². The number of hydrogen-bond acceptors (Lipinski definition) is 9. The van der Waals surface area contributed by atoms with Crippen molar-refractivity contribution in [1.82, 2.24) is 15.3 Å². The minimum atomic E-state index is -0.834. The number of imide groups is 1. The molecule has 0 aromatic heterocycles. The molecule has 11 heteroatoms. The predicted octanol–water partition coefficient (Wildman–Crippen LogP) is 6.10. The molecule has 4 aliphatic rings. The van der Waals surface area contributed by atoms with Gasteiger partial charge in [0, 0.05) is 68.3 Å². The maximum atomic E-state index is 13.8. The lowest BCUT2D eigenvalue weighted by Crippen LogP contribution is -2.61. The van der Waals surface area contributed by atoms with Gasteiger partial charge in [0.05, 0.1) is 32.4 Å². The average Bonchev–Trinajstić information content (AvgIpc) is 3.54. The van der Waals surface area contributed by atoms with Crippen LogP contribution in [0.4, 0.5) is 5.69 Å². The number of fused-ring (bicyclic) bond motifs is 2. The van der Waals surface area contributed by atoms with Gasteiger partial charge in [-0.2, -0.15) is 5.06 Å². The van der Waals surface area contributed by atoms with Crippen LogP contribution in [0, 0.1) is 29.1 Å². The number of nitrogens with zero attached hydrogens (tertiary/aromatic N) is 3. The molecule has 1 aliphatic heterocycles. The molecule has 0 radical (unpaired) electrons. The summed E-state index contributed by atoms with van der Waals surface area (Å²) in [7, 11) is 6.92. The normalized spacial score (nSPS) is 25.6. The summed E-state index contributed by atoms with van der Waals surface area (Å²) < 4.78 is 6.07. The smallest absolute Gasteiger partial charge is 0.260 e. The van der Waals surface area contributed by atoms with Crippen molar-refractivity contribution in [2.24, 2.45) is 29.1 Å². The first-order valence-electron chi connectivity index (χ1n) is 20.5. The SMILES string of the molecule is COc1c(CN2O[C@@H](CO)[C@H]([C@H](C)O)[C@H]2CC(=O)N[C@H]2C[C@H]3C[C@@H]([C@@H]2C)C3(C)C)cccc1-c1cc(C(=O)N(C)C(=O)CCCc2ccccc2)cc(N(C)C)c1. The van der Waals surface area contributed by atoms with Crippen molar-refractivity contribution < 1.29 is 34.2 Å². The van der Waals surface area contributed by atoms with Gasteiger partial charge in [0.25, 0.3) is 5.91 Å². The number of ether oxygens (including phenoxy) is 1. The number of methoxy groups -OCH3 is 1. The zero-order valence-electron chi connectivity index (χ0n) is 34.9. The number of rotatable bonds is 15. The van der Waals surface area contributed by atoms with Crippen LogP contribution in [0.5, 0.6) is 5.75 Å². The number of nitrogens with one attached hydrogen (secondary N) is 1. The molecular weight excluding hydrogens is 721 g/mol. The van der Waals surface area contributed by atoms with Crippen molar-refractivity contribution in [3.05, 3.63) is 83.4 Å². The molecule has 308 valence electrons. The molecule has 0 unspecified atom stereocenters. The van der Waals surface area contributed by atoms with Crippen LogP contribution in [0.1, 0.15) is 81.3 Å². The minimum Gasteiger partial charge on any atom is -0.496 e. The molecule has 3 amide bonds. The summed E-state index contributed by atoms with van der Waals surface area (Å²) in [5, 5.41) is 26.4. The number of hydrogen-bond donors (Lipinski definition) is 3. The number of carbonyl (C=O) groups is 3. The second kappa shape index (κ2) is 17.7. The van der Waals surface area contributed by atoms with Crippen molar-refractivity contribution in [1.29, 1.82) is 0 Å². The number of benzene rings is 3. The number of hydroxylamine groups is 2. The van der Waals surface area contributed by atoms with Crippen LogP contribution in [0.2, 0.25) is 0 Å². The van der Waals surface area contributed by atoms with E-state index in [9.17, 15) is 24.6 Å². The Morgan fingerprint density at radius 3 is 2.40 bits per heavy atom. The van der Waals surface area contributed by atoms with E-state index in [0.717, 1.165) is 40.8 Å². The summed E-state index contributed by atoms with van der Waals surface area (Å²) in [5.41, 5.74) is 4.83. The molecule has 7 rings (SSSR count). The number of amides is 3. The maximum Gasteiger partial charge on any atom is 0.260 e. The molecule has 3 N–H and O–H groups in total. The molecule has 3 aliphatic carbocycles. The molecule has 8 atom stereocenters. The summed E-state index contributed by atoms with van der Waals surface area (Å²) in [6, 6.07) is 20.9. The van der Waals surface area contributed by atoms with Gasteiger partial charge in [0.2, 0.25) is 11.8 Å². The number of aliphatic hydroxyl groups is 2. The fraction of sp³-hybridized carbons (Fsp3) is 0.543. The van der Waals surface area contributed by atoms with Crippen LogP contribution in [0.25, 0.3) is 11.1 Å². The highest BCUT2D eigenvalue weighted by atomic mass is 16.7. The zero-order chi connectivity index (χ0) is 41.2. The van der Waals surface area contributed by atoms with Crippen LogP contribution in [-0.2, 0) is 27.4 Å². The molecule has 1 heterocycles. The van der Waals surface area contributed by atoms with Crippen LogP contribution in [-0.4, -0.2) is 97.0 Å². The molecule has 1 saturated heterocycles. The lowest BCUT2D eigenvalue weighted by molar-refractivity contribution is -0.180. The Morgan fingerprint density at radius 2 is 1.77 bits per heavy atom. The van der Waals surface area contributed by atoms with Gasteiger partial charge in [0.15, 0.2) is 0 Å². The fourth-order valence-corrected chi connectivity index (χ4v) is 9.79. The molecule has 4 fully saturated rings. The number of aliphatic hydroxyl groups excluding tert-OH is 2. The Bertz CT molecular complexity index is 1900. The van der Waals surface area contributed by atoms with Gasteiger partial charge in [0.1, 0.15) is 11.9 Å². The summed E-state index contributed by atoms with van der Waals surface area (Å²) >= 11 is 0. The predicted molar refractivity (Wildman–Crippen MR) is 221 cm³/mol. The third-order valence-corrected chi connectivity index (χ3v) is 13.3. The average molecular weight is 783 g/mol. The van der Waals surface area contributed by atoms with Gasteiger partial charge >= 0.3 is 0 Å². The van der Waals surface area contributed by atoms with Gasteiger partial charge in [-0.25, -0.2) is 0 Å². The molecule has 11 nitrogen and oxygen atoms in total. The van der Waals surface area contributed by atoms with Gasteiger partial charge in [-0.1, -0.05) is 69.3 Å². The van der Waals surface area contributed by atoms with Crippen LogP contribution in [0.15, 0.2) is 66.7 Å². The second-order valence-corrected chi connectivity index (χ2v) is 17.4. The van der Waals surface area contributed by atoms with Gasteiger partial charge in [-0.3, -0.25) is 24.1 Å². The Morgan fingerprint density at radius 1 is 1.04 bits per heavy atom. The Hall–Kier alpha value is -4.29. The second-order valence-electron chi connectivity index (χ2n) is 17.4. The van der Waals surface area contributed by atoms with Gasteiger partial charge in [-0.15, -0.1) is 0 Å². The number of aryl methyl sites for hydroxylation is 1. The highest BCUT2D eigenvalue weighted by Crippen LogP contribution is 2.61. The first-order valence-corrected chi connectivity index (χ1v) is 20.5. The van der Waals surface area contributed by atoms with E-state index < -0.39 is 30.1 Å². The van der Waals surface area contributed by atoms with Crippen molar-refractivity contribution in [2.75, 3.05) is 39.8 Å². The van der Waals surface area contributed by atoms with E-state index in [1.807, 2.05) is 73.6 Å². The van der Waals surface area contributed by atoms with E-state index in [1.165, 1.54) is 18.4 Å². The summed E-state index contributed by atoms with van der Waals surface area (Å²) in [4.78, 5) is 50.2. The molecular formula is C46H62N4O7. The third-order valence-electron chi connectivity index (χ3n) is 13.3. The standard InChI is InChI=1S/C46H62N4O7/c1-28-37-23-34(46(37,3)4)24-38(28)47-41(53)25-39-43(29(2)52)40(27-51)57-50(39)26-31-17-13-18-36(44(31)56-8)32-20-33(22-35(21-32)48(5)6)45(55)49(7)42(54)19-12-16-30-14-10-9-11-15-30/h9-11,13-15,17-18,20-22,28-29,34,37-40,43,51-52H,12,16,19,23-27H2,1-8H3,(H,47,53)/t28-,29-,34+,37-,38-,39+,40-,43+/m0/s1. The summed E-state index contributed by atoms with van der Waals surface area (Å²) in [6.45, 7) is 8.51. The maximum absolute atomic E-state index is 13.8. The van der Waals surface area contributed by atoms with Crippen molar-refractivity contribution in [3.63, 3.8) is 0 Å². The fourth-order valence-electron chi connectivity index (χ4n) is 9.79. The monoisotopic (exact) mass is 782 g/mol. The number of para-hydroxylation sites is 1. The van der Waals surface area contributed by atoms with E-state index in [2.05, 4.69) is 26.1 Å². The van der Waals surface area contributed by atoms with Crippen molar-refractivity contribution in [2.45, 2.75) is 97.1 Å². The van der Waals surface area contributed by atoms with E-state index in [0.29, 0.717) is 40.9 Å². The topological polar surface area (TPSA) is 132 Å². The Kier molecular flexibility index (Phi) is 13.1. The molecule has 2 bridgehead atoms. The number of carbonyl (C=O) groups excluding carboxylic acids is 3. The Labute approximate surface area is 338 Å². The first-order chi connectivity index (χ1) is 27.1. The molecule has 3 aromatic carbocycles. The van der Waals surface area contributed by atoms with Gasteiger partial charge in [-0.05, 0) is 85.1 Å². The summed E-state index contributed by atoms with van der Waals surface area (Å²) in [5.74, 6) is 0.889. The molecule has 57 heavy (non-hydrogen) atoms. The van der Waals surface area contributed by atoms with E-state index >= 15 is 0 Å². The Balaban J connectivity index is 1.22. The van der Waals surface area contributed by atoms with Crippen LogP contribution < -0.4 is 15.0 Å². The molecule has 3 aromatic rings. The molecule has 0 spiro atoms.